The highest BCUT2D eigenvalue weighted by Gasteiger charge is 2.08. The quantitative estimate of drug-likeness (QED) is 0.883. The molecule has 0 radical (unpaired) electrons. The van der Waals surface area contributed by atoms with E-state index in [0.29, 0.717) is 17.7 Å². The maximum absolute atomic E-state index is 13.4. The van der Waals surface area contributed by atoms with Gasteiger partial charge in [0.15, 0.2) is 0 Å². The Hall–Kier alpha value is -1.61. The van der Waals surface area contributed by atoms with Crippen LogP contribution in [0.4, 0.5) is 4.39 Å². The van der Waals surface area contributed by atoms with E-state index in [2.05, 4.69) is 0 Å². The number of halogens is 1. The summed E-state index contributed by atoms with van der Waals surface area (Å²) in [4.78, 5) is 0. The van der Waals surface area contributed by atoms with Crippen LogP contribution in [0.15, 0.2) is 34.7 Å². The minimum atomic E-state index is -0.215. The monoisotopic (exact) mass is 233 g/mol. The van der Waals surface area contributed by atoms with E-state index < -0.39 is 0 Å². The second-order valence-corrected chi connectivity index (χ2v) is 4.41. The molecule has 1 atom stereocenters. The van der Waals surface area contributed by atoms with Crippen molar-refractivity contribution in [3.05, 3.63) is 47.5 Å². The number of hydrogen-bond acceptors (Lipinski definition) is 2. The van der Waals surface area contributed by atoms with Crippen molar-refractivity contribution >= 4 is 0 Å². The molecule has 0 amide bonds. The lowest BCUT2D eigenvalue weighted by Crippen LogP contribution is -2.17. The number of aryl methyl sites for hydroxylation is 1. The topological polar surface area (TPSA) is 39.2 Å². The fourth-order valence-corrected chi connectivity index (χ4v) is 1.71. The Morgan fingerprint density at radius 2 is 2.06 bits per heavy atom. The first-order valence-corrected chi connectivity index (χ1v) is 5.67. The van der Waals surface area contributed by atoms with E-state index in [1.54, 1.807) is 13.0 Å². The van der Waals surface area contributed by atoms with Crippen LogP contribution in [0.1, 0.15) is 18.2 Å². The normalized spacial score (nSPS) is 12.7. The second-order valence-electron chi connectivity index (χ2n) is 4.41. The molecule has 17 heavy (non-hydrogen) atoms. The van der Waals surface area contributed by atoms with Crippen molar-refractivity contribution < 1.29 is 8.81 Å². The van der Waals surface area contributed by atoms with Gasteiger partial charge in [-0.05, 0) is 37.6 Å². The van der Waals surface area contributed by atoms with Crippen molar-refractivity contribution in [2.45, 2.75) is 26.3 Å². The van der Waals surface area contributed by atoms with Crippen molar-refractivity contribution in [2.24, 2.45) is 5.73 Å². The van der Waals surface area contributed by atoms with Crippen LogP contribution in [0.2, 0.25) is 0 Å². The summed E-state index contributed by atoms with van der Waals surface area (Å²) in [5.41, 5.74) is 7.09. The molecular weight excluding hydrogens is 217 g/mol. The minimum Gasteiger partial charge on any atom is -0.461 e. The molecule has 0 aliphatic carbocycles. The van der Waals surface area contributed by atoms with Crippen molar-refractivity contribution in [1.82, 2.24) is 0 Å². The van der Waals surface area contributed by atoms with E-state index in [9.17, 15) is 4.39 Å². The summed E-state index contributed by atoms with van der Waals surface area (Å²) in [6.07, 6.45) is 0.689. The fourth-order valence-electron chi connectivity index (χ4n) is 1.71. The maximum atomic E-state index is 13.4. The predicted molar refractivity (Wildman–Crippen MR) is 66.2 cm³/mol. The molecular formula is C14H16FNO. The molecule has 0 aliphatic heterocycles. The van der Waals surface area contributed by atoms with Gasteiger partial charge in [-0.15, -0.1) is 0 Å². The summed E-state index contributed by atoms with van der Waals surface area (Å²) in [5.74, 6) is 1.29. The number of hydrogen-bond donors (Lipinski definition) is 1. The minimum absolute atomic E-state index is 0.0590. The Kier molecular flexibility index (Phi) is 3.29. The zero-order chi connectivity index (χ0) is 12.4. The van der Waals surface area contributed by atoms with Gasteiger partial charge >= 0.3 is 0 Å². The number of rotatable bonds is 3. The van der Waals surface area contributed by atoms with Gasteiger partial charge in [0.05, 0.1) is 0 Å². The van der Waals surface area contributed by atoms with Crippen molar-refractivity contribution in [1.29, 1.82) is 0 Å². The first-order chi connectivity index (χ1) is 8.06. The van der Waals surface area contributed by atoms with Gasteiger partial charge in [-0.3, -0.25) is 0 Å². The van der Waals surface area contributed by atoms with Crippen molar-refractivity contribution in [3.63, 3.8) is 0 Å². The Labute approximate surface area is 100 Å². The average Bonchev–Trinajstić information content (AvgIpc) is 2.69. The van der Waals surface area contributed by atoms with Gasteiger partial charge in [0.25, 0.3) is 0 Å². The third-order valence-corrected chi connectivity index (χ3v) is 2.64. The maximum Gasteiger partial charge on any atom is 0.134 e. The summed E-state index contributed by atoms with van der Waals surface area (Å²) < 4.78 is 19.0. The summed E-state index contributed by atoms with van der Waals surface area (Å²) >= 11 is 0. The lowest BCUT2D eigenvalue weighted by Gasteiger charge is -2.02. The molecule has 0 saturated carbocycles. The number of furan rings is 1. The fraction of sp³-hybridized carbons (Fsp3) is 0.286. The van der Waals surface area contributed by atoms with Crippen molar-refractivity contribution in [2.75, 3.05) is 0 Å². The van der Waals surface area contributed by atoms with Crippen LogP contribution in [0.3, 0.4) is 0 Å². The molecule has 2 rings (SSSR count). The van der Waals surface area contributed by atoms with Gasteiger partial charge in [0.2, 0.25) is 0 Å². The second kappa shape index (κ2) is 4.72. The number of benzene rings is 1. The molecule has 0 spiro atoms. The third kappa shape index (κ3) is 2.74. The van der Waals surface area contributed by atoms with Crippen LogP contribution in [-0.4, -0.2) is 6.04 Å². The van der Waals surface area contributed by atoms with Crippen LogP contribution >= 0.6 is 0 Å². The van der Waals surface area contributed by atoms with E-state index >= 15 is 0 Å². The zero-order valence-corrected chi connectivity index (χ0v) is 10.0. The lowest BCUT2D eigenvalue weighted by molar-refractivity contribution is 0.502. The standard InChI is InChI=1S/C14H16FNO/c1-9-3-4-11(8-13(9)15)14-6-5-12(17-14)7-10(2)16/h3-6,8,10H,7,16H2,1-2H3. The highest BCUT2D eigenvalue weighted by atomic mass is 19.1. The third-order valence-electron chi connectivity index (χ3n) is 2.64. The van der Waals surface area contributed by atoms with Crippen LogP contribution < -0.4 is 5.73 Å². The molecule has 1 aromatic carbocycles. The highest BCUT2D eigenvalue weighted by Crippen LogP contribution is 2.24. The number of nitrogens with two attached hydrogens (primary N) is 1. The first-order valence-electron chi connectivity index (χ1n) is 5.67. The van der Waals surface area contributed by atoms with Gasteiger partial charge in [-0.2, -0.15) is 0 Å². The van der Waals surface area contributed by atoms with E-state index in [0.717, 1.165) is 11.3 Å². The SMILES string of the molecule is Cc1ccc(-c2ccc(CC(C)N)o2)cc1F. The van der Waals surface area contributed by atoms with Crippen LogP contribution in [0, 0.1) is 12.7 Å². The molecule has 2 N–H and O–H groups in total. The first kappa shape index (κ1) is 11.9. The zero-order valence-electron chi connectivity index (χ0n) is 10.0. The van der Waals surface area contributed by atoms with E-state index in [-0.39, 0.29) is 11.9 Å². The largest absolute Gasteiger partial charge is 0.461 e. The highest BCUT2D eigenvalue weighted by molar-refractivity contribution is 5.58. The molecule has 1 heterocycles. The molecule has 0 fully saturated rings. The summed E-state index contributed by atoms with van der Waals surface area (Å²) in [7, 11) is 0. The average molecular weight is 233 g/mol. The summed E-state index contributed by atoms with van der Waals surface area (Å²) in [5, 5.41) is 0. The summed E-state index contributed by atoms with van der Waals surface area (Å²) in [6, 6.07) is 8.89. The Morgan fingerprint density at radius 3 is 2.71 bits per heavy atom. The Morgan fingerprint density at radius 1 is 1.29 bits per heavy atom. The lowest BCUT2D eigenvalue weighted by atomic mass is 10.1. The van der Waals surface area contributed by atoms with E-state index in [1.165, 1.54) is 6.07 Å². The summed E-state index contributed by atoms with van der Waals surface area (Å²) in [6.45, 7) is 3.66. The Balaban J connectivity index is 2.27. The molecule has 0 bridgehead atoms. The van der Waals surface area contributed by atoms with Crippen LogP contribution in [0.5, 0.6) is 0 Å². The van der Waals surface area contributed by atoms with Gasteiger partial charge in [-0.1, -0.05) is 12.1 Å². The van der Waals surface area contributed by atoms with E-state index in [1.807, 2.05) is 25.1 Å². The van der Waals surface area contributed by atoms with Crippen LogP contribution in [0.25, 0.3) is 11.3 Å². The van der Waals surface area contributed by atoms with Crippen molar-refractivity contribution in [3.8, 4) is 11.3 Å². The van der Waals surface area contributed by atoms with Gasteiger partial charge in [-0.25, -0.2) is 4.39 Å². The smallest absolute Gasteiger partial charge is 0.134 e. The van der Waals surface area contributed by atoms with Gasteiger partial charge in [0, 0.05) is 18.0 Å². The molecule has 3 heteroatoms. The van der Waals surface area contributed by atoms with Gasteiger partial charge < -0.3 is 10.2 Å². The molecule has 1 aromatic heterocycles. The molecule has 90 valence electrons. The Bertz CT molecular complexity index is 517. The molecule has 1 unspecified atom stereocenters. The molecule has 0 saturated heterocycles. The van der Waals surface area contributed by atoms with E-state index in [4.69, 9.17) is 10.2 Å². The van der Waals surface area contributed by atoms with Gasteiger partial charge in [0.1, 0.15) is 17.3 Å². The molecule has 2 nitrogen and oxygen atoms in total. The molecule has 0 aliphatic rings. The molecule has 2 aromatic rings. The predicted octanol–water partition coefficient (Wildman–Crippen LogP) is 3.28. The van der Waals surface area contributed by atoms with Crippen LogP contribution in [-0.2, 0) is 6.42 Å².